The van der Waals surface area contributed by atoms with Gasteiger partial charge in [-0.2, -0.15) is 0 Å². The first-order chi connectivity index (χ1) is 13.8. The predicted molar refractivity (Wildman–Crippen MR) is 113 cm³/mol. The zero-order valence-corrected chi connectivity index (χ0v) is 17.3. The average molecular weight is 404 g/mol. The minimum Gasteiger partial charge on any atom is -0.383 e. The van der Waals surface area contributed by atoms with Crippen molar-refractivity contribution in [2.24, 2.45) is 0 Å². The van der Waals surface area contributed by atoms with Crippen molar-refractivity contribution in [2.75, 3.05) is 17.2 Å². The summed E-state index contributed by atoms with van der Waals surface area (Å²) in [5.41, 5.74) is 5.55. The van der Waals surface area contributed by atoms with Crippen LogP contribution in [0.4, 0.5) is 15.9 Å². The number of rotatable bonds is 9. The molecule has 0 aliphatic rings. The summed E-state index contributed by atoms with van der Waals surface area (Å²) in [4.78, 5) is 41.7. The molecule has 1 aromatic carbocycles. The van der Waals surface area contributed by atoms with Gasteiger partial charge in [-0.1, -0.05) is 39.2 Å². The molecule has 0 saturated carbocycles. The maximum absolute atomic E-state index is 13.8. The molecular formula is C21H29FN4O3. The molecule has 1 amide bonds. The lowest BCUT2D eigenvalue weighted by atomic mass is 10.1. The molecule has 2 rings (SSSR count). The minimum atomic E-state index is -0.723. The third kappa shape index (κ3) is 5.13. The van der Waals surface area contributed by atoms with E-state index in [4.69, 9.17) is 5.73 Å². The van der Waals surface area contributed by atoms with E-state index in [-0.39, 0.29) is 23.6 Å². The highest BCUT2D eigenvalue weighted by molar-refractivity contribution is 6.08. The van der Waals surface area contributed by atoms with Crippen molar-refractivity contribution in [3.05, 3.63) is 56.0 Å². The Morgan fingerprint density at radius 1 is 1.17 bits per heavy atom. The van der Waals surface area contributed by atoms with Crippen molar-refractivity contribution in [1.82, 2.24) is 9.55 Å². The lowest BCUT2D eigenvalue weighted by Gasteiger charge is -2.25. The van der Waals surface area contributed by atoms with Crippen LogP contribution in [0.25, 0.3) is 0 Å². The first-order valence-electron chi connectivity index (χ1n) is 10.0. The lowest BCUT2D eigenvalue weighted by Crippen LogP contribution is -2.42. The molecule has 8 heteroatoms. The second-order valence-electron chi connectivity index (χ2n) is 7.12. The fourth-order valence-electron chi connectivity index (χ4n) is 3.18. The smallest absolute Gasteiger partial charge is 0.330 e. The number of hydrogen-bond acceptors (Lipinski definition) is 4. The van der Waals surface area contributed by atoms with E-state index in [1.807, 2.05) is 13.8 Å². The van der Waals surface area contributed by atoms with Gasteiger partial charge in [-0.25, -0.2) is 9.18 Å². The van der Waals surface area contributed by atoms with Crippen molar-refractivity contribution in [3.63, 3.8) is 0 Å². The molecule has 1 heterocycles. The van der Waals surface area contributed by atoms with Crippen molar-refractivity contribution < 1.29 is 9.18 Å². The van der Waals surface area contributed by atoms with Gasteiger partial charge in [0.1, 0.15) is 11.6 Å². The molecule has 0 bridgehead atoms. The molecule has 158 valence electrons. The number of nitrogen functional groups attached to an aromatic ring is 1. The number of nitrogens with two attached hydrogens (primary N) is 1. The number of nitrogens with one attached hydrogen (secondary N) is 1. The highest BCUT2D eigenvalue weighted by Crippen LogP contribution is 2.22. The van der Waals surface area contributed by atoms with Crippen molar-refractivity contribution in [3.8, 4) is 0 Å². The van der Waals surface area contributed by atoms with Gasteiger partial charge < -0.3 is 10.6 Å². The number of nitrogens with zero attached hydrogens (tertiary/aromatic N) is 2. The first-order valence-corrected chi connectivity index (χ1v) is 10.0. The fourth-order valence-corrected chi connectivity index (χ4v) is 3.18. The molecule has 7 nitrogen and oxygen atoms in total. The van der Waals surface area contributed by atoms with Crippen LogP contribution in [0.5, 0.6) is 0 Å². The largest absolute Gasteiger partial charge is 0.383 e. The molecule has 0 aliphatic heterocycles. The van der Waals surface area contributed by atoms with Gasteiger partial charge in [-0.15, -0.1) is 0 Å². The van der Waals surface area contributed by atoms with Crippen LogP contribution in [-0.2, 0) is 6.54 Å². The van der Waals surface area contributed by atoms with E-state index in [2.05, 4.69) is 4.98 Å². The van der Waals surface area contributed by atoms with Crippen LogP contribution in [0.3, 0.4) is 0 Å². The van der Waals surface area contributed by atoms with Gasteiger partial charge in [0.15, 0.2) is 5.69 Å². The third-order valence-electron chi connectivity index (χ3n) is 4.88. The number of carbonyl (C=O) groups excluding carboxylic acids is 1. The molecule has 0 unspecified atom stereocenters. The van der Waals surface area contributed by atoms with Gasteiger partial charge in [0, 0.05) is 18.7 Å². The summed E-state index contributed by atoms with van der Waals surface area (Å²) in [6.45, 7) is 6.27. The number of carbonyl (C=O) groups is 1. The Morgan fingerprint density at radius 2 is 1.86 bits per heavy atom. The number of halogens is 1. The Labute approximate surface area is 169 Å². The van der Waals surface area contributed by atoms with Gasteiger partial charge in [0.25, 0.3) is 11.5 Å². The normalized spacial score (nSPS) is 10.9. The average Bonchev–Trinajstić information content (AvgIpc) is 2.68. The van der Waals surface area contributed by atoms with Crippen LogP contribution in [0.15, 0.2) is 27.8 Å². The standard InChI is InChI=1S/C21H29FN4O3/c1-4-6-8-12-25(20(28)16-13-15(22)10-9-14(16)3)17-18(23)26(11-7-5-2)21(29)24-19(17)27/h9-10,13H,4-8,11-12,23H2,1-3H3,(H,24,27,29). The van der Waals surface area contributed by atoms with E-state index in [1.165, 1.54) is 21.6 Å². The SMILES string of the molecule is CCCCCN(C(=O)c1cc(F)ccc1C)c1c(N)n(CCCC)c(=O)[nH]c1=O. The van der Waals surface area contributed by atoms with Gasteiger partial charge in [0.05, 0.1) is 0 Å². The van der Waals surface area contributed by atoms with Crippen LogP contribution >= 0.6 is 0 Å². The van der Waals surface area contributed by atoms with Gasteiger partial charge in [0.2, 0.25) is 0 Å². The zero-order valence-electron chi connectivity index (χ0n) is 17.3. The van der Waals surface area contributed by atoms with Crippen LogP contribution < -0.4 is 21.9 Å². The number of anilines is 2. The number of aromatic nitrogens is 2. The van der Waals surface area contributed by atoms with E-state index in [0.29, 0.717) is 24.9 Å². The number of H-pyrrole nitrogens is 1. The molecule has 0 spiro atoms. The molecule has 0 radical (unpaired) electrons. The summed E-state index contributed by atoms with van der Waals surface area (Å²) in [6, 6.07) is 3.95. The Morgan fingerprint density at radius 3 is 2.52 bits per heavy atom. The maximum Gasteiger partial charge on any atom is 0.330 e. The van der Waals surface area contributed by atoms with E-state index < -0.39 is 23.0 Å². The summed E-state index contributed by atoms with van der Waals surface area (Å²) < 4.78 is 15.1. The molecular weight excluding hydrogens is 375 g/mol. The van der Waals surface area contributed by atoms with Crippen LogP contribution in [0.1, 0.15) is 61.9 Å². The molecule has 0 atom stereocenters. The van der Waals surface area contributed by atoms with Gasteiger partial charge >= 0.3 is 5.69 Å². The lowest BCUT2D eigenvalue weighted by molar-refractivity contribution is 0.0985. The number of aryl methyl sites for hydroxylation is 1. The molecule has 29 heavy (non-hydrogen) atoms. The van der Waals surface area contributed by atoms with Gasteiger partial charge in [-0.3, -0.25) is 19.1 Å². The topological polar surface area (TPSA) is 101 Å². The highest BCUT2D eigenvalue weighted by atomic mass is 19.1. The van der Waals surface area contributed by atoms with Crippen LogP contribution in [-0.4, -0.2) is 22.0 Å². The Balaban J connectivity index is 2.60. The summed E-state index contributed by atoms with van der Waals surface area (Å²) >= 11 is 0. The highest BCUT2D eigenvalue weighted by Gasteiger charge is 2.26. The number of unbranched alkanes of at least 4 members (excludes halogenated alkanes) is 3. The van der Waals surface area contributed by atoms with Crippen LogP contribution in [0, 0.1) is 12.7 Å². The quantitative estimate of drug-likeness (QED) is 0.627. The maximum atomic E-state index is 13.8. The second-order valence-corrected chi connectivity index (χ2v) is 7.12. The summed E-state index contributed by atoms with van der Waals surface area (Å²) in [6.07, 6.45) is 3.94. The van der Waals surface area contributed by atoms with Gasteiger partial charge in [-0.05, 0) is 37.5 Å². The van der Waals surface area contributed by atoms with Crippen molar-refractivity contribution in [1.29, 1.82) is 0 Å². The number of aromatic amines is 1. The molecule has 3 N–H and O–H groups in total. The first kappa shape index (κ1) is 22.4. The summed E-state index contributed by atoms with van der Waals surface area (Å²) in [5, 5.41) is 0. The second kappa shape index (κ2) is 10.0. The molecule has 0 aliphatic carbocycles. The van der Waals surface area contributed by atoms with E-state index >= 15 is 0 Å². The number of benzene rings is 1. The summed E-state index contributed by atoms with van der Waals surface area (Å²) in [7, 11) is 0. The monoisotopic (exact) mass is 404 g/mol. The number of amides is 1. The Bertz CT molecular complexity index is 981. The Kier molecular flexibility index (Phi) is 7.75. The van der Waals surface area contributed by atoms with Crippen LogP contribution in [0.2, 0.25) is 0 Å². The van der Waals surface area contributed by atoms with Crippen molar-refractivity contribution in [2.45, 2.75) is 59.4 Å². The number of hydrogen-bond donors (Lipinski definition) is 2. The molecule has 2 aromatic rings. The van der Waals surface area contributed by atoms with Crippen molar-refractivity contribution >= 4 is 17.4 Å². The summed E-state index contributed by atoms with van der Waals surface area (Å²) in [5.74, 6) is -1.11. The predicted octanol–water partition coefficient (Wildman–Crippen LogP) is 3.20. The third-order valence-corrected chi connectivity index (χ3v) is 4.88. The zero-order chi connectivity index (χ0) is 21.6. The van der Waals surface area contributed by atoms with E-state index in [9.17, 15) is 18.8 Å². The fraction of sp³-hybridized carbons (Fsp3) is 0.476. The Hall–Kier alpha value is -2.90. The molecule has 0 fully saturated rings. The minimum absolute atomic E-state index is 0.0499. The van der Waals surface area contributed by atoms with E-state index in [0.717, 1.165) is 25.3 Å². The molecule has 0 saturated heterocycles. The molecule has 1 aromatic heterocycles. The van der Waals surface area contributed by atoms with E-state index in [1.54, 1.807) is 6.92 Å².